The second-order valence-electron chi connectivity index (χ2n) is 7.05. The van der Waals surface area contributed by atoms with Gasteiger partial charge in [0, 0.05) is 19.3 Å². The van der Waals surface area contributed by atoms with Gasteiger partial charge in [-0.25, -0.2) is 20.2 Å². The molecule has 0 bridgehead atoms. The van der Waals surface area contributed by atoms with E-state index in [1.54, 1.807) is 10.0 Å². The van der Waals surface area contributed by atoms with Crippen LogP contribution >= 0.6 is 23.2 Å². The van der Waals surface area contributed by atoms with Crippen molar-refractivity contribution in [3.8, 4) is 0 Å². The van der Waals surface area contributed by atoms with Crippen molar-refractivity contribution in [2.24, 2.45) is 16.0 Å². The van der Waals surface area contributed by atoms with Gasteiger partial charge in [-0.1, -0.05) is 43.6 Å². The fourth-order valence-electron chi connectivity index (χ4n) is 2.80. The second-order valence-corrected chi connectivity index (χ2v) is 7.82. The van der Waals surface area contributed by atoms with Gasteiger partial charge in [-0.05, 0) is 49.1 Å². The number of halogens is 2. The Morgan fingerprint density at radius 1 is 1.33 bits per heavy atom. The van der Waals surface area contributed by atoms with E-state index in [-0.39, 0.29) is 16.2 Å². The number of allylic oxidation sites excluding steroid dienone is 2. The number of hydrazone groups is 1. The number of hydrogen-bond acceptors (Lipinski definition) is 6. The van der Waals surface area contributed by atoms with E-state index in [2.05, 4.69) is 46.2 Å². The SMILES string of the molecule is C=C1/C(C(C)C)=C\C(N(CC)NC(=O)Nc2cc(Cl)nc(Cl)c2)=N/CN(C)/N=C\1C. The summed E-state index contributed by atoms with van der Waals surface area (Å²) in [6.07, 6.45) is 1.94. The molecule has 8 nitrogen and oxygen atoms in total. The maximum absolute atomic E-state index is 12.6. The van der Waals surface area contributed by atoms with E-state index >= 15 is 0 Å². The zero-order valence-electron chi connectivity index (χ0n) is 17.8. The molecule has 0 saturated carbocycles. The fraction of sp³-hybridized carbons (Fsp3) is 0.400. The number of anilines is 1. The van der Waals surface area contributed by atoms with Crippen molar-refractivity contribution in [1.29, 1.82) is 0 Å². The van der Waals surface area contributed by atoms with Crippen molar-refractivity contribution in [2.75, 3.05) is 25.6 Å². The number of carbonyl (C=O) groups excluding carboxylic acids is 1. The van der Waals surface area contributed by atoms with Gasteiger partial charge in [-0.15, -0.1) is 0 Å². The highest BCUT2D eigenvalue weighted by Crippen LogP contribution is 2.22. The number of amidine groups is 1. The summed E-state index contributed by atoms with van der Waals surface area (Å²) in [4.78, 5) is 21.1. The zero-order chi connectivity index (χ0) is 22.4. The van der Waals surface area contributed by atoms with Gasteiger partial charge in [-0.3, -0.25) is 10.0 Å². The summed E-state index contributed by atoms with van der Waals surface area (Å²) in [6, 6.07) is 2.56. The van der Waals surface area contributed by atoms with Crippen LogP contribution in [0.3, 0.4) is 0 Å². The quantitative estimate of drug-likeness (QED) is 0.520. The Hall–Kier alpha value is -2.58. The Labute approximate surface area is 187 Å². The molecule has 1 aliphatic rings. The van der Waals surface area contributed by atoms with E-state index in [1.807, 2.05) is 27.0 Å². The Balaban J connectivity index is 2.28. The zero-order valence-corrected chi connectivity index (χ0v) is 19.3. The second kappa shape index (κ2) is 10.4. The van der Waals surface area contributed by atoms with Gasteiger partial charge in [0.2, 0.25) is 0 Å². The van der Waals surface area contributed by atoms with E-state index in [9.17, 15) is 4.79 Å². The number of carbonyl (C=O) groups is 1. The summed E-state index contributed by atoms with van der Waals surface area (Å²) < 4.78 is 0. The van der Waals surface area contributed by atoms with Gasteiger partial charge in [0.05, 0.1) is 5.71 Å². The fourth-order valence-corrected chi connectivity index (χ4v) is 3.26. The number of likely N-dealkylation sites (N-methyl/N-ethyl adjacent to an activating group) is 1. The standard InChI is InChI=1S/C20H27Cl2N7O/c1-7-29(27-20(30)24-15-8-17(21)25-18(22)9-15)19-10-16(12(2)3)13(4)14(5)26-28(6)11-23-19/h8-10,12H,4,7,11H2,1-3,5-6H3,(H2,24,25,27,30)/b16-10-,23-19+,26-14-. The van der Waals surface area contributed by atoms with Crippen molar-refractivity contribution in [3.63, 3.8) is 0 Å². The molecule has 30 heavy (non-hydrogen) atoms. The monoisotopic (exact) mass is 451 g/mol. The highest BCUT2D eigenvalue weighted by Gasteiger charge is 2.18. The van der Waals surface area contributed by atoms with Crippen LogP contribution in [0.5, 0.6) is 0 Å². The Kier molecular flexibility index (Phi) is 8.25. The van der Waals surface area contributed by atoms with Crippen LogP contribution in [0.4, 0.5) is 10.5 Å². The number of amides is 2. The molecule has 2 rings (SSSR count). The molecule has 0 spiro atoms. The summed E-state index contributed by atoms with van der Waals surface area (Å²) in [5.74, 6) is 0.796. The lowest BCUT2D eigenvalue weighted by atomic mass is 9.93. The minimum Gasteiger partial charge on any atom is -0.306 e. The van der Waals surface area contributed by atoms with E-state index in [0.29, 0.717) is 24.7 Å². The third-order valence-electron chi connectivity index (χ3n) is 4.30. The molecule has 162 valence electrons. The highest BCUT2D eigenvalue weighted by molar-refractivity contribution is 6.33. The van der Waals surface area contributed by atoms with Crippen LogP contribution in [0, 0.1) is 5.92 Å². The molecule has 0 aliphatic carbocycles. The molecule has 1 aromatic rings. The lowest BCUT2D eigenvalue weighted by Crippen LogP contribution is -2.47. The maximum atomic E-state index is 12.6. The molecule has 1 aliphatic heterocycles. The van der Waals surface area contributed by atoms with Crippen LogP contribution in [0.2, 0.25) is 10.3 Å². The number of rotatable bonds is 3. The Morgan fingerprint density at radius 3 is 2.53 bits per heavy atom. The molecule has 0 atom stereocenters. The lowest BCUT2D eigenvalue weighted by molar-refractivity contribution is 0.230. The molecular formula is C20H27Cl2N7O. The number of nitrogens with one attached hydrogen (secondary N) is 2. The van der Waals surface area contributed by atoms with Gasteiger partial charge < -0.3 is 5.32 Å². The molecule has 10 heteroatoms. The first-order valence-corrected chi connectivity index (χ1v) is 10.3. The van der Waals surface area contributed by atoms with Crippen LogP contribution in [0.15, 0.2) is 46.0 Å². The minimum atomic E-state index is -0.461. The summed E-state index contributed by atoms with van der Waals surface area (Å²) in [5.41, 5.74) is 5.91. The van der Waals surface area contributed by atoms with Crippen molar-refractivity contribution >= 4 is 46.5 Å². The molecular weight excluding hydrogens is 425 g/mol. The third-order valence-corrected chi connectivity index (χ3v) is 4.69. The van der Waals surface area contributed by atoms with Gasteiger partial charge in [0.15, 0.2) is 0 Å². The smallest absolute Gasteiger partial charge is 0.306 e. The summed E-state index contributed by atoms with van der Waals surface area (Å²) in [6.45, 7) is 13.0. The number of aromatic nitrogens is 1. The van der Waals surface area contributed by atoms with Gasteiger partial charge in [-0.2, -0.15) is 5.10 Å². The topological polar surface area (TPSA) is 85.2 Å². The average Bonchev–Trinajstić information content (AvgIpc) is 2.69. The minimum absolute atomic E-state index is 0.187. The van der Waals surface area contributed by atoms with Crippen molar-refractivity contribution < 1.29 is 4.79 Å². The normalized spacial score (nSPS) is 20.1. The first-order chi connectivity index (χ1) is 14.1. The number of hydrogen-bond donors (Lipinski definition) is 2. The lowest BCUT2D eigenvalue weighted by Gasteiger charge is -2.25. The molecule has 0 saturated heterocycles. The molecule has 0 unspecified atom stereocenters. The first kappa shape index (κ1) is 23.7. The highest BCUT2D eigenvalue weighted by atomic mass is 35.5. The van der Waals surface area contributed by atoms with Crippen LogP contribution in [-0.2, 0) is 0 Å². The molecule has 2 N–H and O–H groups in total. The number of nitrogens with zero attached hydrogens (tertiary/aromatic N) is 5. The summed E-state index contributed by atoms with van der Waals surface area (Å²) >= 11 is 11.8. The number of aliphatic imine (C=N–C) groups is 1. The van der Waals surface area contributed by atoms with E-state index < -0.39 is 6.03 Å². The molecule has 2 heterocycles. The summed E-state index contributed by atoms with van der Waals surface area (Å²) in [7, 11) is 1.84. The van der Waals surface area contributed by atoms with Gasteiger partial charge in [0.1, 0.15) is 22.8 Å². The van der Waals surface area contributed by atoms with Gasteiger partial charge in [0.25, 0.3) is 0 Å². The van der Waals surface area contributed by atoms with Crippen LogP contribution < -0.4 is 10.7 Å². The van der Waals surface area contributed by atoms with Crippen molar-refractivity contribution in [2.45, 2.75) is 27.7 Å². The molecule has 2 amide bonds. The van der Waals surface area contributed by atoms with Gasteiger partial charge >= 0.3 is 6.03 Å². The summed E-state index contributed by atoms with van der Waals surface area (Å²) in [5, 5.41) is 11.0. The van der Waals surface area contributed by atoms with Crippen LogP contribution in [-0.4, -0.2) is 52.8 Å². The van der Waals surface area contributed by atoms with Crippen molar-refractivity contribution in [3.05, 3.63) is 46.2 Å². The molecule has 0 fully saturated rings. The number of hydrazine groups is 1. The predicted molar refractivity (Wildman–Crippen MR) is 124 cm³/mol. The average molecular weight is 452 g/mol. The van der Waals surface area contributed by atoms with Crippen LogP contribution in [0.25, 0.3) is 0 Å². The van der Waals surface area contributed by atoms with E-state index in [0.717, 1.165) is 16.9 Å². The molecule has 1 aromatic heterocycles. The molecule has 0 radical (unpaired) electrons. The number of pyridine rings is 1. The van der Waals surface area contributed by atoms with E-state index in [4.69, 9.17) is 23.2 Å². The first-order valence-electron chi connectivity index (χ1n) is 9.51. The maximum Gasteiger partial charge on any atom is 0.338 e. The predicted octanol–water partition coefficient (Wildman–Crippen LogP) is 4.56. The van der Waals surface area contributed by atoms with Crippen LogP contribution in [0.1, 0.15) is 27.7 Å². The number of urea groups is 1. The third kappa shape index (κ3) is 6.47. The van der Waals surface area contributed by atoms with Crippen molar-refractivity contribution in [1.82, 2.24) is 20.4 Å². The Morgan fingerprint density at radius 2 is 1.97 bits per heavy atom. The largest absolute Gasteiger partial charge is 0.338 e. The molecule has 0 aromatic carbocycles. The van der Waals surface area contributed by atoms with E-state index in [1.165, 1.54) is 12.1 Å². The Bertz CT molecular complexity index is 888.